The molecular formula is C108H70Br4N4O3S2. The number of hydrogen-bond donors (Lipinski definition) is 0. The molecule has 5 aromatic heterocycles. The van der Waals surface area contributed by atoms with E-state index in [1.807, 2.05) is 83.3 Å². The van der Waals surface area contributed by atoms with Crippen LogP contribution in [-0.2, 0) is 0 Å². The molecule has 0 N–H and O–H groups in total. The summed E-state index contributed by atoms with van der Waals surface area (Å²) in [6.07, 6.45) is 0. The summed E-state index contributed by atoms with van der Waals surface area (Å²) in [5.41, 5.74) is 21.0. The fourth-order valence-electron chi connectivity index (χ4n) is 16.2. The molecule has 18 aromatic carbocycles. The summed E-state index contributed by atoms with van der Waals surface area (Å²) in [5.74, 6) is 0. The first-order valence-corrected chi connectivity index (χ1v) is 44.5. The van der Waals surface area contributed by atoms with E-state index in [4.69, 9.17) is 13.3 Å². The summed E-state index contributed by atoms with van der Waals surface area (Å²) in [6.45, 7) is 0. The summed E-state index contributed by atoms with van der Waals surface area (Å²) in [7, 11) is 0. The molecule has 7 nitrogen and oxygen atoms in total. The highest BCUT2D eigenvalue weighted by atomic mass is 79.9. The number of halogens is 4. The van der Waals surface area contributed by atoms with Gasteiger partial charge in [0, 0.05) is 141 Å². The highest BCUT2D eigenvalue weighted by molar-refractivity contribution is 9.11. The van der Waals surface area contributed by atoms with E-state index in [0.717, 1.165) is 157 Å². The molecule has 0 amide bonds. The molecule has 13 heteroatoms. The zero-order chi connectivity index (χ0) is 81.3. The van der Waals surface area contributed by atoms with Gasteiger partial charge in [-0.15, -0.1) is 22.7 Å². The second kappa shape index (κ2) is 34.0. The molecule has 0 saturated heterocycles. The monoisotopic (exact) mass is 1850 g/mol. The topological polar surface area (TPSA) is 52.4 Å². The molecule has 0 bridgehead atoms. The standard InChI is InChI=1S/C30H18BrNOS.C30H20BrNO.C24H16BrNO.C24H16BrNS/c31-26-18-21(17-25-22-10-4-6-12-27(22)33-30(25)26)32(19-8-2-1-3-9-19)20-14-15-29-24(16-20)23-11-5-7-13-28(23)34-29;31-28-20-24(32(22-13-6-2-7-14-22)23-15-8-3-9-16-23)19-27-26-18-10-17-25(29(26)33-30(27)28)21-11-4-1-5-12-21;25-22-16-19(15-21-20-13-7-8-14-23(20)27-24(21)22)26(17-9-3-1-4-10-17)18-11-5-2-6-12-18;25-20-15-16-21(23-19-13-7-8-14-22(19)27-24(20)23)26(17-9-3-1-4-10-17)18-11-5-2-6-12-18/h1-18H;1-20H;2*1-16H. The fraction of sp³-hybridized carbons (Fsp3) is 0. The lowest BCUT2D eigenvalue weighted by Crippen LogP contribution is -2.10. The molecule has 0 unspecified atom stereocenters. The van der Waals surface area contributed by atoms with Gasteiger partial charge >= 0.3 is 0 Å². The predicted molar refractivity (Wildman–Crippen MR) is 528 cm³/mol. The van der Waals surface area contributed by atoms with E-state index in [-0.39, 0.29) is 0 Å². The van der Waals surface area contributed by atoms with Crippen LogP contribution in [0.2, 0.25) is 0 Å². The van der Waals surface area contributed by atoms with Crippen molar-refractivity contribution >= 4 is 261 Å². The Bertz CT molecular complexity index is 7550. The van der Waals surface area contributed by atoms with Gasteiger partial charge in [0.2, 0.25) is 0 Å². The first-order chi connectivity index (χ1) is 59.7. The van der Waals surface area contributed by atoms with Crippen molar-refractivity contribution < 1.29 is 13.3 Å². The predicted octanol–water partition coefficient (Wildman–Crippen LogP) is 35.8. The summed E-state index contributed by atoms with van der Waals surface area (Å²) in [6, 6.07) is 148. The van der Waals surface area contributed by atoms with Gasteiger partial charge in [0.25, 0.3) is 0 Å². The van der Waals surface area contributed by atoms with Crippen molar-refractivity contribution in [2.24, 2.45) is 0 Å². The van der Waals surface area contributed by atoms with Crippen LogP contribution in [0.1, 0.15) is 0 Å². The molecule has 0 spiro atoms. The lowest BCUT2D eigenvalue weighted by atomic mass is 10.0. The van der Waals surface area contributed by atoms with Crippen molar-refractivity contribution in [3.63, 3.8) is 0 Å². The smallest absolute Gasteiger partial charge is 0.149 e. The Balaban J connectivity index is 0.000000103. The first kappa shape index (κ1) is 76.6. The van der Waals surface area contributed by atoms with E-state index in [9.17, 15) is 0 Å². The van der Waals surface area contributed by atoms with E-state index >= 15 is 0 Å². The highest BCUT2D eigenvalue weighted by Crippen LogP contribution is 2.51. The van der Waals surface area contributed by atoms with Crippen LogP contribution in [0.4, 0.5) is 68.2 Å². The maximum absolute atomic E-state index is 6.45. The maximum Gasteiger partial charge on any atom is 0.149 e. The molecule has 580 valence electrons. The van der Waals surface area contributed by atoms with Crippen LogP contribution < -0.4 is 19.6 Å². The van der Waals surface area contributed by atoms with E-state index in [1.54, 1.807) is 0 Å². The molecule has 5 heterocycles. The SMILES string of the molecule is Brc1cc(N(c2ccccc2)c2ccc3sc4ccccc4c3c2)cc2c1oc1ccccc12.Brc1cc(N(c2ccccc2)c2ccccc2)cc2c1oc1c(-c3ccccc3)cccc12.Brc1cc(N(c2ccccc2)c2ccccc2)cc2c1oc1ccccc12.Brc1ccc(N(c2ccccc2)c2ccccc2)c2c1sc1ccccc12. The number of rotatable bonds is 13. The molecule has 0 aliphatic heterocycles. The van der Waals surface area contributed by atoms with Crippen LogP contribution >= 0.6 is 86.4 Å². The van der Waals surface area contributed by atoms with Crippen LogP contribution in [-0.4, -0.2) is 0 Å². The van der Waals surface area contributed by atoms with Crippen molar-refractivity contribution in [2.45, 2.75) is 0 Å². The number of thiophene rings is 2. The minimum Gasteiger partial charge on any atom is -0.455 e. The molecular weight excluding hydrogens is 1780 g/mol. The van der Waals surface area contributed by atoms with Crippen LogP contribution in [0.25, 0.3) is 117 Å². The summed E-state index contributed by atoms with van der Waals surface area (Å²) in [4.78, 5) is 9.18. The molecule has 0 aliphatic carbocycles. The normalized spacial score (nSPS) is 11.3. The lowest BCUT2D eigenvalue weighted by Gasteiger charge is -2.26. The van der Waals surface area contributed by atoms with Gasteiger partial charge in [-0.25, -0.2) is 0 Å². The van der Waals surface area contributed by atoms with E-state index in [2.05, 4.69) is 447 Å². The minimum atomic E-state index is 0.859. The number of benzene rings is 18. The Hall–Kier alpha value is -13.1. The second-order valence-corrected chi connectivity index (χ2v) is 34.7. The molecule has 23 rings (SSSR count). The quantitative estimate of drug-likeness (QED) is 0.114. The zero-order valence-electron chi connectivity index (χ0n) is 64.8. The third kappa shape index (κ3) is 15.1. The van der Waals surface area contributed by atoms with Crippen LogP contribution in [0, 0.1) is 0 Å². The van der Waals surface area contributed by atoms with Gasteiger partial charge in [-0.05, 0) is 245 Å². The van der Waals surface area contributed by atoms with E-state index in [1.165, 1.54) is 46.0 Å². The average Bonchev–Trinajstić information content (AvgIpc) is 1.67. The number of para-hydroxylation sites is 10. The zero-order valence-corrected chi connectivity index (χ0v) is 72.7. The number of nitrogens with zero attached hydrogens (tertiary/aromatic N) is 4. The third-order valence-electron chi connectivity index (χ3n) is 21.6. The van der Waals surface area contributed by atoms with Gasteiger partial charge in [0.15, 0.2) is 0 Å². The Morgan fingerprint density at radius 3 is 0.992 bits per heavy atom. The largest absolute Gasteiger partial charge is 0.455 e. The Labute approximate surface area is 740 Å². The Morgan fingerprint density at radius 1 is 0.198 bits per heavy atom. The van der Waals surface area contributed by atoms with Gasteiger partial charge in [0.05, 0.1) is 23.8 Å². The number of hydrogen-bond acceptors (Lipinski definition) is 9. The Morgan fingerprint density at radius 2 is 0.537 bits per heavy atom. The van der Waals surface area contributed by atoms with Crippen molar-refractivity contribution in [3.8, 4) is 11.1 Å². The van der Waals surface area contributed by atoms with Gasteiger partial charge in [0.1, 0.15) is 33.5 Å². The molecule has 23 aromatic rings. The van der Waals surface area contributed by atoms with Gasteiger partial charge in [-0.2, -0.15) is 0 Å². The average molecular weight is 1860 g/mol. The Kier molecular flexibility index (Phi) is 21.5. The first-order valence-electron chi connectivity index (χ1n) is 39.7. The number of fused-ring (bicyclic) bond motifs is 15. The van der Waals surface area contributed by atoms with Gasteiger partial charge in [-0.1, -0.05) is 249 Å². The summed E-state index contributed by atoms with van der Waals surface area (Å²) < 4.78 is 27.8. The second-order valence-electron chi connectivity index (χ2n) is 29.1. The van der Waals surface area contributed by atoms with Gasteiger partial charge < -0.3 is 32.9 Å². The molecule has 0 aliphatic rings. The molecule has 121 heavy (non-hydrogen) atoms. The highest BCUT2D eigenvalue weighted by Gasteiger charge is 2.25. The van der Waals surface area contributed by atoms with Crippen molar-refractivity contribution in [3.05, 3.63) is 443 Å². The molecule has 0 atom stereocenters. The molecule has 0 fully saturated rings. The van der Waals surface area contributed by atoms with E-state index in [0.29, 0.717) is 0 Å². The van der Waals surface area contributed by atoms with Gasteiger partial charge in [-0.3, -0.25) is 0 Å². The fourth-order valence-corrected chi connectivity index (χ4v) is 20.6. The summed E-state index contributed by atoms with van der Waals surface area (Å²) >= 11 is 18.7. The van der Waals surface area contributed by atoms with Crippen molar-refractivity contribution in [2.75, 3.05) is 19.6 Å². The van der Waals surface area contributed by atoms with E-state index < -0.39 is 0 Å². The van der Waals surface area contributed by atoms with Crippen molar-refractivity contribution in [1.82, 2.24) is 0 Å². The summed E-state index contributed by atoms with van der Waals surface area (Å²) in [5, 5.41) is 11.8. The van der Waals surface area contributed by atoms with Crippen LogP contribution in [0.3, 0.4) is 0 Å². The number of furan rings is 3. The molecule has 0 saturated carbocycles. The lowest BCUT2D eigenvalue weighted by molar-refractivity contribution is 0.666. The minimum absolute atomic E-state index is 0.859. The number of anilines is 12. The molecule has 0 radical (unpaired) electrons. The van der Waals surface area contributed by atoms with Crippen LogP contribution in [0.15, 0.2) is 456 Å². The third-order valence-corrected chi connectivity index (χ3v) is 26.7. The van der Waals surface area contributed by atoms with Crippen LogP contribution in [0.5, 0.6) is 0 Å². The maximum atomic E-state index is 6.45. The van der Waals surface area contributed by atoms with Crippen molar-refractivity contribution in [1.29, 1.82) is 0 Å².